The van der Waals surface area contributed by atoms with E-state index in [2.05, 4.69) is 11.9 Å². The summed E-state index contributed by atoms with van der Waals surface area (Å²) in [5.41, 5.74) is 0.880. The number of benzene rings is 2. The Kier molecular flexibility index (Phi) is 5.12. The first kappa shape index (κ1) is 16.9. The van der Waals surface area contributed by atoms with Crippen molar-refractivity contribution < 1.29 is 9.90 Å². The summed E-state index contributed by atoms with van der Waals surface area (Å²) in [6, 6.07) is 19.3. The molecule has 0 spiro atoms. The highest BCUT2D eigenvalue weighted by Crippen LogP contribution is 2.39. The molecule has 1 heterocycles. The molecule has 0 aromatic heterocycles. The van der Waals surface area contributed by atoms with Gasteiger partial charge in [0.05, 0.1) is 5.60 Å². The predicted octanol–water partition coefficient (Wildman–Crippen LogP) is 3.49. The van der Waals surface area contributed by atoms with Gasteiger partial charge in [-0.3, -0.25) is 4.79 Å². The molecule has 3 rings (SSSR count). The number of aliphatic hydroxyl groups is 1. The molecule has 0 bridgehead atoms. The Morgan fingerprint density at radius 3 is 2.42 bits per heavy atom. The van der Waals surface area contributed by atoms with Gasteiger partial charge in [-0.15, -0.1) is 0 Å². The van der Waals surface area contributed by atoms with Crippen LogP contribution in [0.5, 0.6) is 0 Å². The van der Waals surface area contributed by atoms with Crippen molar-refractivity contribution in [3.8, 4) is 0 Å². The molecule has 2 unspecified atom stereocenters. The molecule has 1 saturated heterocycles. The van der Waals surface area contributed by atoms with Crippen molar-refractivity contribution in [1.29, 1.82) is 0 Å². The average molecular weight is 323 g/mol. The number of carbonyl (C=O) groups excluding carboxylic acids is 1. The Balaban J connectivity index is 1.74. The van der Waals surface area contributed by atoms with Crippen LogP contribution in [-0.4, -0.2) is 35.9 Å². The van der Waals surface area contributed by atoms with E-state index in [1.165, 1.54) is 0 Å². The molecule has 0 amide bonds. The lowest BCUT2D eigenvalue weighted by Gasteiger charge is -2.44. The van der Waals surface area contributed by atoms with Crippen LogP contribution < -0.4 is 0 Å². The van der Waals surface area contributed by atoms with Crippen LogP contribution in [0.3, 0.4) is 0 Å². The summed E-state index contributed by atoms with van der Waals surface area (Å²) in [6.45, 7) is 1.68. The monoisotopic (exact) mass is 323 g/mol. The Morgan fingerprint density at radius 1 is 1.12 bits per heavy atom. The zero-order chi connectivity index (χ0) is 17.0. The molecule has 3 nitrogen and oxygen atoms in total. The highest BCUT2D eigenvalue weighted by molar-refractivity contribution is 5.95. The summed E-state index contributed by atoms with van der Waals surface area (Å²) >= 11 is 0. The number of ketones is 1. The average Bonchev–Trinajstić information content (AvgIpc) is 2.64. The fourth-order valence-corrected chi connectivity index (χ4v) is 3.69. The fourth-order valence-electron chi connectivity index (χ4n) is 3.69. The molecule has 0 saturated carbocycles. The van der Waals surface area contributed by atoms with Crippen molar-refractivity contribution >= 4 is 5.78 Å². The van der Waals surface area contributed by atoms with Crippen LogP contribution in [0.4, 0.5) is 0 Å². The number of piperidine rings is 1. The smallest absolute Gasteiger partial charge is 0.162 e. The van der Waals surface area contributed by atoms with Crippen LogP contribution in [0.25, 0.3) is 0 Å². The topological polar surface area (TPSA) is 40.5 Å². The highest BCUT2D eigenvalue weighted by atomic mass is 16.3. The lowest BCUT2D eigenvalue weighted by atomic mass is 9.73. The molecule has 0 radical (unpaired) electrons. The van der Waals surface area contributed by atoms with Crippen LogP contribution in [0.1, 0.15) is 35.2 Å². The first-order valence-corrected chi connectivity index (χ1v) is 8.64. The third kappa shape index (κ3) is 3.58. The summed E-state index contributed by atoms with van der Waals surface area (Å²) in [5, 5.41) is 11.4. The van der Waals surface area contributed by atoms with E-state index >= 15 is 0 Å². The van der Waals surface area contributed by atoms with Crippen molar-refractivity contribution in [2.24, 2.45) is 5.92 Å². The minimum absolute atomic E-state index is 0.0614. The van der Waals surface area contributed by atoms with E-state index in [-0.39, 0.29) is 11.7 Å². The summed E-state index contributed by atoms with van der Waals surface area (Å²) in [7, 11) is 2.08. The van der Waals surface area contributed by atoms with Gasteiger partial charge in [-0.2, -0.15) is 0 Å². The van der Waals surface area contributed by atoms with Crippen molar-refractivity contribution in [1.82, 2.24) is 4.90 Å². The minimum atomic E-state index is -0.843. The molecule has 0 aliphatic carbocycles. The van der Waals surface area contributed by atoms with Crippen molar-refractivity contribution in [2.75, 3.05) is 20.1 Å². The van der Waals surface area contributed by atoms with Gasteiger partial charge >= 0.3 is 0 Å². The molecular formula is C21H25NO2. The molecule has 3 heteroatoms. The maximum Gasteiger partial charge on any atom is 0.162 e. The molecule has 1 aliphatic heterocycles. The van der Waals surface area contributed by atoms with Gasteiger partial charge < -0.3 is 10.0 Å². The van der Waals surface area contributed by atoms with Gasteiger partial charge in [0.25, 0.3) is 0 Å². The lowest BCUT2D eigenvalue weighted by molar-refractivity contribution is -0.0758. The molecule has 2 aromatic rings. The van der Waals surface area contributed by atoms with Gasteiger partial charge in [0.15, 0.2) is 5.78 Å². The Bertz CT molecular complexity index is 671. The Hall–Kier alpha value is -1.97. The summed E-state index contributed by atoms with van der Waals surface area (Å²) in [6.07, 6.45) is 1.87. The van der Waals surface area contributed by atoms with Gasteiger partial charge in [0, 0.05) is 31.0 Å². The number of hydrogen-bond donors (Lipinski definition) is 1. The fraction of sp³-hybridized carbons (Fsp3) is 0.381. The maximum atomic E-state index is 12.4. The second-order valence-electron chi connectivity index (χ2n) is 6.83. The standard InChI is InChI=1S/C21H25NO2/c1-22-15-14-21(24,18-10-6-3-7-11-18)19(16-22)12-13-20(23)17-8-4-2-5-9-17/h2-11,19,24H,12-16H2,1H3. The van der Waals surface area contributed by atoms with E-state index in [1.807, 2.05) is 60.7 Å². The first-order chi connectivity index (χ1) is 11.6. The third-order valence-corrected chi connectivity index (χ3v) is 5.17. The molecule has 2 atom stereocenters. The lowest BCUT2D eigenvalue weighted by Crippen LogP contribution is -2.48. The summed E-state index contributed by atoms with van der Waals surface area (Å²) in [5.74, 6) is 0.213. The normalized spacial score (nSPS) is 24.7. The van der Waals surface area contributed by atoms with Crippen LogP contribution in [0, 0.1) is 5.92 Å². The van der Waals surface area contributed by atoms with E-state index in [0.717, 1.165) is 24.2 Å². The number of nitrogens with zero attached hydrogens (tertiary/aromatic N) is 1. The molecule has 1 fully saturated rings. The predicted molar refractivity (Wildman–Crippen MR) is 95.9 cm³/mol. The molecule has 1 N–H and O–H groups in total. The Labute approximate surface area is 143 Å². The van der Waals surface area contributed by atoms with E-state index in [0.29, 0.717) is 19.3 Å². The molecule has 126 valence electrons. The third-order valence-electron chi connectivity index (χ3n) is 5.17. The van der Waals surface area contributed by atoms with Crippen LogP contribution >= 0.6 is 0 Å². The first-order valence-electron chi connectivity index (χ1n) is 8.64. The van der Waals surface area contributed by atoms with Gasteiger partial charge in [-0.05, 0) is 25.5 Å². The van der Waals surface area contributed by atoms with Crippen molar-refractivity contribution in [3.63, 3.8) is 0 Å². The van der Waals surface area contributed by atoms with Gasteiger partial charge in [0.2, 0.25) is 0 Å². The van der Waals surface area contributed by atoms with Gasteiger partial charge in [0.1, 0.15) is 0 Å². The molecule has 1 aliphatic rings. The van der Waals surface area contributed by atoms with Crippen LogP contribution in [0.15, 0.2) is 60.7 Å². The van der Waals surface area contributed by atoms with Crippen molar-refractivity contribution in [2.45, 2.75) is 24.9 Å². The van der Waals surface area contributed by atoms with Gasteiger partial charge in [-0.1, -0.05) is 60.7 Å². The zero-order valence-electron chi connectivity index (χ0n) is 14.2. The second kappa shape index (κ2) is 7.29. The van der Waals surface area contributed by atoms with Crippen LogP contribution in [-0.2, 0) is 5.60 Å². The van der Waals surface area contributed by atoms with E-state index < -0.39 is 5.60 Å². The van der Waals surface area contributed by atoms with E-state index in [4.69, 9.17) is 0 Å². The SMILES string of the molecule is CN1CCC(O)(c2ccccc2)C(CCC(=O)c2ccccc2)C1. The van der Waals surface area contributed by atoms with Crippen molar-refractivity contribution in [3.05, 3.63) is 71.8 Å². The highest BCUT2D eigenvalue weighted by Gasteiger charge is 2.41. The molecule has 24 heavy (non-hydrogen) atoms. The summed E-state index contributed by atoms with van der Waals surface area (Å²) < 4.78 is 0. The molecule has 2 aromatic carbocycles. The van der Waals surface area contributed by atoms with E-state index in [1.54, 1.807) is 0 Å². The minimum Gasteiger partial charge on any atom is -0.385 e. The summed E-state index contributed by atoms with van der Waals surface area (Å²) in [4.78, 5) is 14.7. The van der Waals surface area contributed by atoms with Crippen LogP contribution in [0.2, 0.25) is 0 Å². The molecular weight excluding hydrogens is 298 g/mol. The number of Topliss-reactive ketones (excluding diaryl/α,β-unsaturated/α-hetero) is 1. The van der Waals surface area contributed by atoms with E-state index in [9.17, 15) is 9.90 Å². The second-order valence-corrected chi connectivity index (χ2v) is 6.83. The maximum absolute atomic E-state index is 12.4. The number of likely N-dealkylation sites (tertiary alicyclic amines) is 1. The number of carbonyl (C=O) groups is 1. The number of hydrogen-bond acceptors (Lipinski definition) is 3. The zero-order valence-corrected chi connectivity index (χ0v) is 14.2. The number of rotatable bonds is 5. The largest absolute Gasteiger partial charge is 0.385 e. The Morgan fingerprint density at radius 2 is 1.75 bits per heavy atom. The quantitative estimate of drug-likeness (QED) is 0.856. The van der Waals surface area contributed by atoms with Gasteiger partial charge in [-0.25, -0.2) is 0 Å².